The average molecular weight is 300 g/mol. The highest BCUT2D eigenvalue weighted by molar-refractivity contribution is 5.77. The lowest BCUT2D eigenvalue weighted by molar-refractivity contribution is 0.201. The molecule has 22 heavy (non-hydrogen) atoms. The van der Waals surface area contributed by atoms with Crippen molar-refractivity contribution in [3.8, 4) is 0 Å². The summed E-state index contributed by atoms with van der Waals surface area (Å²) in [5, 5.41) is 2.96. The van der Waals surface area contributed by atoms with Gasteiger partial charge in [0.1, 0.15) is 0 Å². The normalized spacial score (nSPS) is 16.8. The first-order chi connectivity index (χ1) is 10.5. The number of hydrogen-bond donors (Lipinski definition) is 1. The molecular formula is C17H20N2O3. The number of carbonyl (C=O) groups is 1. The second-order valence-corrected chi connectivity index (χ2v) is 6.07. The molecule has 0 bridgehead atoms. The Morgan fingerprint density at radius 3 is 2.77 bits per heavy atom. The number of carbonyl (C=O) groups excluding carboxylic acids is 1. The Labute approximate surface area is 128 Å². The van der Waals surface area contributed by atoms with E-state index in [1.807, 2.05) is 32.0 Å². The summed E-state index contributed by atoms with van der Waals surface area (Å²) in [6.45, 7) is 5.56. The van der Waals surface area contributed by atoms with Crippen LogP contribution in [0.3, 0.4) is 0 Å². The first kappa shape index (κ1) is 14.6. The standard InChI is InChI=1S/C17H20N2O3/c1-10(2)15-11(3)19(22-16(15)20)17(21)18-14-9-8-12-6-4-5-7-13(12)14/h4-7,10,14H,8-9H2,1-3H3,(H,18,21)/t14-/m1/s1. The number of nitrogens with zero attached hydrogens (tertiary/aromatic N) is 1. The van der Waals surface area contributed by atoms with E-state index in [0.29, 0.717) is 11.3 Å². The highest BCUT2D eigenvalue weighted by Gasteiger charge is 2.26. The molecule has 5 heteroatoms. The van der Waals surface area contributed by atoms with E-state index in [2.05, 4.69) is 11.4 Å². The van der Waals surface area contributed by atoms with E-state index >= 15 is 0 Å². The average Bonchev–Trinajstić information content (AvgIpc) is 3.00. The van der Waals surface area contributed by atoms with Gasteiger partial charge in [0.25, 0.3) is 0 Å². The molecule has 1 amide bonds. The van der Waals surface area contributed by atoms with E-state index in [4.69, 9.17) is 4.52 Å². The second-order valence-electron chi connectivity index (χ2n) is 6.07. The molecule has 0 unspecified atom stereocenters. The van der Waals surface area contributed by atoms with Crippen molar-refractivity contribution in [1.82, 2.24) is 10.1 Å². The van der Waals surface area contributed by atoms with E-state index in [9.17, 15) is 9.59 Å². The van der Waals surface area contributed by atoms with Crippen molar-refractivity contribution in [1.29, 1.82) is 0 Å². The minimum absolute atomic E-state index is 0.0255. The highest BCUT2D eigenvalue weighted by Crippen LogP contribution is 2.30. The molecule has 1 atom stereocenters. The van der Waals surface area contributed by atoms with Crippen LogP contribution in [0.15, 0.2) is 33.6 Å². The predicted molar refractivity (Wildman–Crippen MR) is 83.2 cm³/mol. The maximum atomic E-state index is 12.4. The van der Waals surface area contributed by atoms with Gasteiger partial charge in [-0.3, -0.25) is 0 Å². The van der Waals surface area contributed by atoms with E-state index < -0.39 is 5.63 Å². The first-order valence-corrected chi connectivity index (χ1v) is 7.60. The number of aromatic nitrogens is 1. The lowest BCUT2D eigenvalue weighted by atomic mass is 10.1. The zero-order chi connectivity index (χ0) is 15.9. The fourth-order valence-corrected chi connectivity index (χ4v) is 3.22. The van der Waals surface area contributed by atoms with Gasteiger partial charge in [0, 0.05) is 0 Å². The third-order valence-corrected chi connectivity index (χ3v) is 4.28. The number of amides is 1. The van der Waals surface area contributed by atoms with Crippen LogP contribution >= 0.6 is 0 Å². The van der Waals surface area contributed by atoms with Crippen LogP contribution in [0.1, 0.15) is 54.6 Å². The summed E-state index contributed by atoms with van der Waals surface area (Å²) >= 11 is 0. The van der Waals surface area contributed by atoms with Crippen LogP contribution in [0.4, 0.5) is 4.79 Å². The maximum absolute atomic E-state index is 12.4. The Hall–Kier alpha value is -2.30. The topological polar surface area (TPSA) is 64.2 Å². The van der Waals surface area contributed by atoms with Gasteiger partial charge in [0.15, 0.2) is 0 Å². The van der Waals surface area contributed by atoms with Crippen LogP contribution in [0.25, 0.3) is 0 Å². The van der Waals surface area contributed by atoms with E-state index in [-0.39, 0.29) is 18.0 Å². The fourth-order valence-electron chi connectivity index (χ4n) is 3.22. The van der Waals surface area contributed by atoms with Gasteiger partial charge in [0.2, 0.25) is 0 Å². The molecule has 2 aromatic rings. The summed E-state index contributed by atoms with van der Waals surface area (Å²) in [6.07, 6.45) is 1.82. The van der Waals surface area contributed by atoms with Gasteiger partial charge >= 0.3 is 11.7 Å². The molecule has 0 radical (unpaired) electrons. The van der Waals surface area contributed by atoms with Crippen LogP contribution in [0.5, 0.6) is 0 Å². The largest absolute Gasteiger partial charge is 0.361 e. The first-order valence-electron chi connectivity index (χ1n) is 7.60. The third-order valence-electron chi connectivity index (χ3n) is 4.28. The van der Waals surface area contributed by atoms with Crippen LogP contribution in [-0.2, 0) is 6.42 Å². The summed E-state index contributed by atoms with van der Waals surface area (Å²) in [5.74, 6) is 0.0255. The van der Waals surface area contributed by atoms with Crippen LogP contribution in [0, 0.1) is 6.92 Å². The van der Waals surface area contributed by atoms with Crippen molar-refractivity contribution in [3.63, 3.8) is 0 Å². The van der Waals surface area contributed by atoms with E-state index in [1.165, 1.54) is 5.56 Å². The number of benzene rings is 1. The lowest BCUT2D eigenvalue weighted by Crippen LogP contribution is -2.31. The summed E-state index contributed by atoms with van der Waals surface area (Å²) < 4.78 is 6.20. The molecule has 0 aliphatic heterocycles. The van der Waals surface area contributed by atoms with E-state index in [0.717, 1.165) is 23.1 Å². The number of hydrogen-bond acceptors (Lipinski definition) is 3. The molecular weight excluding hydrogens is 280 g/mol. The minimum Gasteiger partial charge on any atom is -0.328 e. The molecule has 1 aliphatic carbocycles. The van der Waals surface area contributed by atoms with Gasteiger partial charge in [-0.15, -0.1) is 4.74 Å². The number of rotatable bonds is 2. The van der Waals surface area contributed by atoms with Crippen molar-refractivity contribution in [2.24, 2.45) is 0 Å². The molecule has 1 aromatic heterocycles. The zero-order valence-corrected chi connectivity index (χ0v) is 13.1. The predicted octanol–water partition coefficient (Wildman–Crippen LogP) is 3.12. The lowest BCUT2D eigenvalue weighted by Gasteiger charge is -2.14. The molecule has 1 aliphatic rings. The van der Waals surface area contributed by atoms with Crippen molar-refractivity contribution in [3.05, 3.63) is 57.1 Å². The summed E-state index contributed by atoms with van der Waals surface area (Å²) in [7, 11) is 0. The molecule has 3 rings (SSSR count). The molecule has 5 nitrogen and oxygen atoms in total. The van der Waals surface area contributed by atoms with Gasteiger partial charge in [-0.05, 0) is 36.8 Å². The van der Waals surface area contributed by atoms with Crippen molar-refractivity contribution in [2.45, 2.75) is 45.6 Å². The van der Waals surface area contributed by atoms with Crippen LogP contribution in [0.2, 0.25) is 0 Å². The van der Waals surface area contributed by atoms with Crippen molar-refractivity contribution in [2.75, 3.05) is 0 Å². The SMILES string of the molecule is Cc1c(C(C)C)c(=O)on1C(=O)N[C@@H]1CCc2ccccc21. The summed E-state index contributed by atoms with van der Waals surface area (Å²) in [5.41, 5.74) is 3.11. The molecule has 1 heterocycles. The Morgan fingerprint density at radius 2 is 2.09 bits per heavy atom. The number of aryl methyl sites for hydroxylation is 1. The maximum Gasteiger partial charge on any atom is 0.361 e. The molecule has 0 fully saturated rings. The third kappa shape index (κ3) is 2.36. The van der Waals surface area contributed by atoms with Gasteiger partial charge in [-0.1, -0.05) is 38.1 Å². The zero-order valence-electron chi connectivity index (χ0n) is 13.1. The van der Waals surface area contributed by atoms with Crippen molar-refractivity contribution >= 4 is 6.03 Å². The Kier molecular flexibility index (Phi) is 3.64. The van der Waals surface area contributed by atoms with Crippen LogP contribution in [-0.4, -0.2) is 10.8 Å². The molecule has 0 spiro atoms. The molecule has 1 aromatic carbocycles. The fraction of sp³-hybridized carbons (Fsp3) is 0.412. The van der Waals surface area contributed by atoms with Crippen LogP contribution < -0.4 is 10.9 Å². The summed E-state index contributed by atoms with van der Waals surface area (Å²) in [6, 6.07) is 7.68. The summed E-state index contributed by atoms with van der Waals surface area (Å²) in [4.78, 5) is 24.3. The molecule has 0 saturated carbocycles. The Morgan fingerprint density at radius 1 is 1.36 bits per heavy atom. The number of nitrogens with one attached hydrogen (secondary N) is 1. The van der Waals surface area contributed by atoms with Gasteiger partial charge in [-0.25, -0.2) is 9.59 Å². The highest BCUT2D eigenvalue weighted by atomic mass is 16.5. The Bertz CT molecular complexity index is 770. The second kappa shape index (κ2) is 5.48. The molecule has 116 valence electrons. The van der Waals surface area contributed by atoms with Gasteiger partial charge in [0.05, 0.1) is 17.3 Å². The Balaban J connectivity index is 1.85. The van der Waals surface area contributed by atoms with Gasteiger partial charge < -0.3 is 9.84 Å². The molecule has 1 N–H and O–H groups in total. The smallest absolute Gasteiger partial charge is 0.328 e. The van der Waals surface area contributed by atoms with Crippen molar-refractivity contribution < 1.29 is 9.32 Å². The monoisotopic (exact) mass is 300 g/mol. The minimum atomic E-state index is -0.436. The quantitative estimate of drug-likeness (QED) is 0.926. The van der Waals surface area contributed by atoms with Gasteiger partial charge in [-0.2, -0.15) is 0 Å². The number of fused-ring (bicyclic) bond motifs is 1. The van der Waals surface area contributed by atoms with E-state index in [1.54, 1.807) is 6.92 Å². The molecule has 0 saturated heterocycles.